The van der Waals surface area contributed by atoms with E-state index in [0.717, 1.165) is 179 Å². The van der Waals surface area contributed by atoms with Crippen molar-refractivity contribution in [1.82, 2.24) is 30.4 Å². The average molecular weight is 1700 g/mol. The SMILES string of the molecule is CCCC(=O)c1noc(-c2cc(Cl)c(C)cc2C)c1-c1ccc(C=O)cc1.CCCC(=O)c1noc(-c2cc(Cl)c(C)cc2C)c1-c1ccc(CN2CCOCC2)cc1.CCCC(=O)c1noc(-c2cc(Cl)c(C)cc2C)c1I.CCCC(=O)c1noc(-c2cc(Cl)c(O)cc2O)c1-c1ccc(CN2CCOCC2)cc1. The van der Waals surface area contributed by atoms with Crippen molar-refractivity contribution in [3.63, 3.8) is 0 Å². The molecule has 19 nitrogen and oxygen atoms in total. The number of phenolic OH excluding ortho intramolecular Hbond substituents is 2. The maximum Gasteiger partial charge on any atom is 0.185 e. The first-order valence-electron chi connectivity index (χ1n) is 37.0. The van der Waals surface area contributed by atoms with Gasteiger partial charge in [-0.25, -0.2) is 0 Å². The van der Waals surface area contributed by atoms with Crippen molar-refractivity contribution in [3.05, 3.63) is 218 Å². The lowest BCUT2D eigenvalue weighted by molar-refractivity contribution is 0.0341. The summed E-state index contributed by atoms with van der Waals surface area (Å²) in [7, 11) is 0. The first kappa shape index (κ1) is 84.5. The predicted octanol–water partition coefficient (Wildman–Crippen LogP) is 22.3. The van der Waals surface area contributed by atoms with E-state index in [9.17, 15) is 34.2 Å². The molecule has 111 heavy (non-hydrogen) atoms. The number of aromatic nitrogens is 4. The van der Waals surface area contributed by atoms with Gasteiger partial charge in [0.05, 0.1) is 57.3 Å². The minimum atomic E-state index is -0.247. The minimum Gasteiger partial charge on any atom is -0.507 e. The molecule has 24 heteroatoms. The molecule has 4 aromatic heterocycles. The van der Waals surface area contributed by atoms with Gasteiger partial charge in [0.1, 0.15) is 17.8 Å². The van der Waals surface area contributed by atoms with E-state index >= 15 is 0 Å². The number of carbonyl (C=O) groups is 5. The zero-order chi connectivity index (χ0) is 79.7. The van der Waals surface area contributed by atoms with Gasteiger partial charge >= 0.3 is 0 Å². The van der Waals surface area contributed by atoms with Crippen LogP contribution in [0, 0.1) is 45.1 Å². The third kappa shape index (κ3) is 20.7. The highest BCUT2D eigenvalue weighted by Gasteiger charge is 2.30. The Morgan fingerprint density at radius 1 is 0.405 bits per heavy atom. The van der Waals surface area contributed by atoms with Gasteiger partial charge in [-0.1, -0.05) is 186 Å². The molecule has 0 atom stereocenters. The number of morpholine rings is 2. The zero-order valence-corrected chi connectivity index (χ0v) is 69.0. The first-order valence-corrected chi connectivity index (χ1v) is 39.6. The van der Waals surface area contributed by atoms with Crippen LogP contribution >= 0.6 is 69.0 Å². The lowest BCUT2D eigenvalue weighted by atomic mass is 9.94. The van der Waals surface area contributed by atoms with Gasteiger partial charge in [-0.3, -0.25) is 33.8 Å². The Bertz CT molecular complexity index is 4960. The molecule has 7 aromatic carbocycles. The van der Waals surface area contributed by atoms with E-state index in [-0.39, 0.29) is 56.7 Å². The molecule has 6 heterocycles. The highest BCUT2D eigenvalue weighted by Crippen LogP contribution is 2.45. The molecule has 2 N–H and O–H groups in total. The Kier molecular flexibility index (Phi) is 30.1. The number of phenols is 2. The van der Waals surface area contributed by atoms with Crippen LogP contribution in [-0.4, -0.2) is 123 Å². The number of nitrogens with zero attached hydrogens (tertiary/aromatic N) is 6. The number of halogens is 5. The van der Waals surface area contributed by atoms with Gasteiger partial charge in [-0.2, -0.15) is 0 Å². The Morgan fingerprint density at radius 2 is 0.712 bits per heavy atom. The van der Waals surface area contributed by atoms with Crippen LogP contribution in [0.3, 0.4) is 0 Å². The van der Waals surface area contributed by atoms with Crippen LogP contribution in [-0.2, 0) is 22.6 Å². The molecule has 11 aromatic rings. The molecular formula is C87H89Cl4IN6O13. The highest BCUT2D eigenvalue weighted by atomic mass is 127. The molecule has 0 saturated carbocycles. The number of hydrogen-bond donors (Lipinski definition) is 2. The van der Waals surface area contributed by atoms with E-state index in [1.807, 2.05) is 130 Å². The summed E-state index contributed by atoms with van der Waals surface area (Å²) in [6.45, 7) is 28.1. The van der Waals surface area contributed by atoms with Crippen molar-refractivity contribution >= 4 is 98.4 Å². The average Bonchev–Trinajstić information content (AvgIpc) is 1.67. The summed E-state index contributed by atoms with van der Waals surface area (Å²) >= 11 is 27.1. The smallest absolute Gasteiger partial charge is 0.185 e. The fourth-order valence-corrected chi connectivity index (χ4v) is 14.5. The number of ether oxygens (including phenoxy) is 2. The number of aryl methyl sites for hydroxylation is 6. The van der Waals surface area contributed by atoms with E-state index < -0.39 is 0 Å². The molecule has 0 unspecified atom stereocenters. The summed E-state index contributed by atoms with van der Waals surface area (Å²) in [6.07, 6.45) is 5.37. The lowest BCUT2D eigenvalue weighted by Gasteiger charge is -2.26. The predicted molar refractivity (Wildman–Crippen MR) is 443 cm³/mol. The molecular weight excluding hydrogens is 1610 g/mol. The minimum absolute atomic E-state index is 0.00856. The van der Waals surface area contributed by atoms with Crippen molar-refractivity contribution in [3.8, 4) is 90.2 Å². The van der Waals surface area contributed by atoms with E-state index in [4.69, 9.17) is 74.0 Å². The number of hydrogen-bond acceptors (Lipinski definition) is 19. The summed E-state index contributed by atoms with van der Waals surface area (Å²) in [5, 5.41) is 38.5. The topological polar surface area (TPSA) is 255 Å². The van der Waals surface area contributed by atoms with Crippen molar-refractivity contribution in [2.45, 2.75) is 134 Å². The van der Waals surface area contributed by atoms with Crippen LogP contribution in [0.1, 0.15) is 176 Å². The third-order valence-corrected chi connectivity index (χ3v) is 21.6. The summed E-state index contributed by atoms with van der Waals surface area (Å²) in [6, 6.07) is 37.4. The number of ketones is 4. The normalized spacial score (nSPS) is 13.0. The van der Waals surface area contributed by atoms with E-state index in [1.54, 1.807) is 24.3 Å². The number of benzene rings is 7. The molecule has 2 aliphatic heterocycles. The van der Waals surface area contributed by atoms with Gasteiger partial charge in [0.2, 0.25) is 0 Å². The molecule has 0 radical (unpaired) electrons. The van der Waals surface area contributed by atoms with E-state index in [1.165, 1.54) is 11.6 Å². The van der Waals surface area contributed by atoms with Crippen molar-refractivity contribution in [2.75, 3.05) is 52.6 Å². The number of carbonyl (C=O) groups excluding carboxylic acids is 5. The second-order valence-corrected chi connectivity index (χ2v) is 30.3. The van der Waals surface area contributed by atoms with Crippen LogP contribution in [0.15, 0.2) is 139 Å². The number of rotatable bonds is 24. The van der Waals surface area contributed by atoms with Crippen molar-refractivity contribution in [1.29, 1.82) is 0 Å². The fourth-order valence-electron chi connectivity index (χ4n) is 13.1. The molecule has 0 amide bonds. The van der Waals surface area contributed by atoms with Gasteiger partial charge in [0, 0.05) is 108 Å². The van der Waals surface area contributed by atoms with Gasteiger partial charge in [-0.05, 0) is 175 Å². The molecule has 0 aliphatic carbocycles. The van der Waals surface area contributed by atoms with Gasteiger partial charge in [0.15, 0.2) is 68.9 Å². The van der Waals surface area contributed by atoms with Crippen molar-refractivity contribution in [2.24, 2.45) is 0 Å². The molecule has 0 bridgehead atoms. The Hall–Kier alpha value is -8.94. The van der Waals surface area contributed by atoms with Crippen LogP contribution < -0.4 is 0 Å². The van der Waals surface area contributed by atoms with Crippen molar-refractivity contribution < 1.29 is 61.8 Å². The van der Waals surface area contributed by atoms with Crippen LogP contribution in [0.5, 0.6) is 11.5 Å². The first-order chi connectivity index (χ1) is 53.4. The standard InChI is InChI=1S/C26H29ClN2O3.C24H25ClN2O5.C22H20ClNO3.C15H15ClINO2/c1-4-5-23(30)25-24(26(32-28-25)21-15-22(27)18(3)14-17(21)2)20-8-6-19(7-9-20)16-29-10-12-31-13-11-29;1-2-3-19(28)23-22(24(32-26-23)17-12-18(25)21(30)13-20(17)29)16-6-4-15(5-7-16)14-27-8-10-31-11-9-27;1-4-5-19(26)21-20(16-8-6-15(12-25)7-9-16)22(27-24-21)17-11-18(23)14(3)10-13(17)2;1-4-5-12(19)14-13(17)15(20-18-14)10-7-11(16)9(3)6-8(10)2/h6-9,14-15H,4-5,10-13,16H2,1-3H3;4-7,12-13,29-30H,2-3,8-11,14H2,1H3;6-12H,4-5H2,1-3H3;6-7H,4-5H2,1-3H3. The van der Waals surface area contributed by atoms with Crippen LogP contribution in [0.4, 0.5) is 0 Å². The third-order valence-electron chi connectivity index (χ3n) is 19.1. The Labute approximate surface area is 680 Å². The molecule has 2 aliphatic rings. The summed E-state index contributed by atoms with van der Waals surface area (Å²) in [5.74, 6) is 1.27. The Balaban J connectivity index is 0.000000159. The fraction of sp³-hybridized carbons (Fsp3) is 0.322. The number of Topliss-reactive ketones (excluding diaryl/α,β-unsaturated/α-hetero) is 4. The van der Waals surface area contributed by atoms with Crippen LogP contribution in [0.25, 0.3) is 78.7 Å². The van der Waals surface area contributed by atoms with E-state index in [0.29, 0.717) is 98.2 Å². The maximum absolute atomic E-state index is 12.9. The molecule has 13 rings (SSSR count). The van der Waals surface area contributed by atoms with Gasteiger partial charge in [-0.15, -0.1) is 0 Å². The molecule has 2 fully saturated rings. The molecule has 0 spiro atoms. The maximum atomic E-state index is 12.9. The summed E-state index contributed by atoms with van der Waals surface area (Å²) in [4.78, 5) is 65.9. The second kappa shape index (κ2) is 39.5. The van der Waals surface area contributed by atoms with E-state index in [2.05, 4.69) is 77.3 Å². The molecule has 580 valence electrons. The number of aldehydes is 1. The lowest BCUT2D eigenvalue weighted by Crippen LogP contribution is -2.35. The summed E-state index contributed by atoms with van der Waals surface area (Å²) in [5.41, 5.74) is 17.4. The van der Waals surface area contributed by atoms with Gasteiger partial charge in [0.25, 0.3) is 0 Å². The zero-order valence-electron chi connectivity index (χ0n) is 63.8. The van der Waals surface area contributed by atoms with Crippen LogP contribution in [0.2, 0.25) is 20.1 Å². The monoisotopic (exact) mass is 1690 g/mol. The quantitative estimate of drug-likeness (QED) is 0.0324. The largest absolute Gasteiger partial charge is 0.507 e. The highest BCUT2D eigenvalue weighted by molar-refractivity contribution is 14.1. The number of aromatic hydroxyl groups is 2. The van der Waals surface area contributed by atoms with Gasteiger partial charge < -0.3 is 37.8 Å². The molecule has 2 saturated heterocycles. The summed E-state index contributed by atoms with van der Waals surface area (Å²) < 4.78 is 33.9. The second-order valence-electron chi connectivity index (χ2n) is 27.6. The Morgan fingerprint density at radius 3 is 1.06 bits per heavy atom.